The first-order valence-corrected chi connectivity index (χ1v) is 59.9. The maximum absolute atomic E-state index is 10.4. The third-order valence-electron chi connectivity index (χ3n) is 28.2. The van der Waals surface area contributed by atoms with Gasteiger partial charge >= 0.3 is 667 Å². The second-order valence-corrected chi connectivity index (χ2v) is 67.5. The molecule has 3 fully saturated rings. The Labute approximate surface area is 740 Å². The van der Waals surface area contributed by atoms with Crippen LogP contribution in [0, 0.1) is 0 Å². The molecule has 0 atom stereocenters. The normalized spacial score (nSPS) is 16.9. The molecule has 1 saturated heterocycles. The van der Waals surface area contributed by atoms with Crippen LogP contribution >= 0.6 is 0 Å². The number of hydrogen-bond donors (Lipinski definition) is 0. The van der Waals surface area contributed by atoms with Crippen molar-refractivity contribution in [1.29, 1.82) is 0 Å². The van der Waals surface area contributed by atoms with Gasteiger partial charge in [0.05, 0.1) is 0 Å². The Balaban J connectivity index is 0.00000109. The summed E-state index contributed by atoms with van der Waals surface area (Å²) >= 11 is -9.84. The van der Waals surface area contributed by atoms with E-state index in [4.69, 9.17) is 0 Å². The molecule has 2 saturated carbocycles. The van der Waals surface area contributed by atoms with Gasteiger partial charge in [-0.05, 0) is 0 Å². The second-order valence-electron chi connectivity index (χ2n) is 38.3. The summed E-state index contributed by atoms with van der Waals surface area (Å²) in [4.78, 5) is 0. The van der Waals surface area contributed by atoms with E-state index in [-0.39, 0.29) is 45.0 Å². The van der Waals surface area contributed by atoms with E-state index in [2.05, 4.69) is 412 Å². The van der Waals surface area contributed by atoms with Crippen LogP contribution in [0.2, 0.25) is 42.7 Å². The van der Waals surface area contributed by atoms with Gasteiger partial charge in [-0.3, -0.25) is 0 Å². The molecule has 13 rings (SSSR count). The summed E-state index contributed by atoms with van der Waals surface area (Å²) in [7, 11) is -6.18. The molecule has 0 bridgehead atoms. The molecule has 0 aromatic heterocycles. The van der Waals surface area contributed by atoms with E-state index in [1.807, 2.05) is 0 Å². The molecule has 0 spiro atoms. The van der Waals surface area contributed by atoms with Crippen LogP contribution in [0.3, 0.4) is 0 Å². The van der Waals surface area contributed by atoms with Gasteiger partial charge in [-0.1, -0.05) is 79.1 Å². The summed E-state index contributed by atoms with van der Waals surface area (Å²) in [6, 6.07) is 105. The van der Waals surface area contributed by atoms with Crippen molar-refractivity contribution in [3.8, 4) is 0 Å². The van der Waals surface area contributed by atoms with Crippen molar-refractivity contribution in [3.63, 3.8) is 0 Å². The Morgan fingerprint density at radius 1 is 0.258 bits per heavy atom. The zero-order valence-electron chi connectivity index (χ0n) is 77.9. The maximum atomic E-state index is 10.4. The van der Waals surface area contributed by atoms with Crippen LogP contribution in [0.15, 0.2) is 267 Å². The fourth-order valence-corrected chi connectivity index (χ4v) is 92.9. The Hall–Kier alpha value is -6.76. The Morgan fingerprint density at radius 2 is 0.433 bits per heavy atom. The van der Waals surface area contributed by atoms with Crippen molar-refractivity contribution < 1.29 is 5.58 Å². The maximum Gasteiger partial charge on any atom is -0.0536 e. The van der Waals surface area contributed by atoms with Crippen LogP contribution in [0.5, 0.6) is 0 Å². The van der Waals surface area contributed by atoms with E-state index < -0.39 is 44.8 Å². The van der Waals surface area contributed by atoms with Gasteiger partial charge in [0.1, 0.15) is 0 Å². The average Bonchev–Trinajstić information content (AvgIpc) is 0.658. The molecule has 10 aromatic carbocycles. The van der Waals surface area contributed by atoms with Gasteiger partial charge in [-0.15, -0.1) is 0 Å². The zero-order chi connectivity index (χ0) is 85.7. The van der Waals surface area contributed by atoms with Gasteiger partial charge in [0.2, 0.25) is 0 Å². The van der Waals surface area contributed by atoms with Crippen molar-refractivity contribution in [2.45, 2.75) is 332 Å². The molecule has 0 amide bonds. The molecule has 8 heteroatoms. The fraction of sp³-hybridized carbons (Fsp3) is 0.464. The topological polar surface area (TPSA) is 24.9 Å². The average molecular weight is 1760 g/mol. The summed E-state index contributed by atoms with van der Waals surface area (Å²) in [5.74, 6) is -0.00343. The van der Waals surface area contributed by atoms with Crippen molar-refractivity contribution in [1.82, 2.24) is 0 Å². The molecule has 10 aromatic rings. The number of rotatable bonds is 34. The summed E-state index contributed by atoms with van der Waals surface area (Å²) < 4.78 is 28.1. The SMILES string of the molecule is CC(C)c1cc(C(c2ccccc2)c2ccccc2)c([N]([Si](C(C)C)(C(C)C)C(C)C)[Ge]2([CH]3CCCCC3)[O][Ge]([CH]3CCCCC3)([N](c3c(C(c4ccccc4)c4ccccc4)cc(C(C)C)cc3C(c3ccccc3)c3ccccc3)[Si](C(C)C)(C(C)C)C(C)C)[O]2)c(C(c2ccccc2)c2ccccc2)c1.CCCCCC.CCCCCC. The number of hydrogen-bond acceptors (Lipinski definition) is 4. The minimum Gasteiger partial charge on any atom is -0.0654 e. The van der Waals surface area contributed by atoms with Crippen LogP contribution < -0.4 is 7.05 Å². The van der Waals surface area contributed by atoms with Gasteiger partial charge in [-0.25, -0.2) is 0 Å². The van der Waals surface area contributed by atoms with Crippen LogP contribution in [0.25, 0.3) is 0 Å². The molecular weight excluding hydrogens is 1610 g/mol. The molecule has 4 nitrogen and oxygen atoms in total. The predicted molar refractivity (Wildman–Crippen MR) is 530 cm³/mol. The van der Waals surface area contributed by atoms with Gasteiger partial charge in [0.15, 0.2) is 0 Å². The molecule has 0 N–H and O–H groups in total. The summed E-state index contributed by atoms with van der Waals surface area (Å²) in [6.07, 6.45) is 22.7. The van der Waals surface area contributed by atoms with Crippen molar-refractivity contribution in [3.05, 3.63) is 345 Å². The molecule has 120 heavy (non-hydrogen) atoms. The van der Waals surface area contributed by atoms with Gasteiger partial charge in [0, 0.05) is 0 Å². The van der Waals surface area contributed by atoms with Crippen LogP contribution in [0.1, 0.15) is 367 Å². The first kappa shape index (κ1) is 93.9. The molecule has 1 heterocycles. The molecule has 0 unspecified atom stereocenters. The van der Waals surface area contributed by atoms with E-state index in [0.29, 0.717) is 33.2 Å². The summed E-state index contributed by atoms with van der Waals surface area (Å²) in [5.41, 5.74) is 23.6. The Morgan fingerprint density at radius 3 is 0.583 bits per heavy atom. The summed E-state index contributed by atoms with van der Waals surface area (Å²) in [5, 5.41) is 0. The van der Waals surface area contributed by atoms with E-state index in [1.54, 1.807) is 0 Å². The summed E-state index contributed by atoms with van der Waals surface area (Å²) in [6.45, 7) is 50.7. The van der Waals surface area contributed by atoms with E-state index in [0.717, 1.165) is 25.7 Å². The molecule has 2 aliphatic carbocycles. The van der Waals surface area contributed by atoms with Crippen LogP contribution in [0.4, 0.5) is 11.4 Å². The third kappa shape index (κ3) is 20.1. The predicted octanol–water partition coefficient (Wildman–Crippen LogP) is 34.1. The van der Waals surface area contributed by atoms with Crippen LogP contribution in [-0.4, -0.2) is 44.8 Å². The van der Waals surface area contributed by atoms with E-state index in [1.165, 1.54) is 179 Å². The monoisotopic (exact) mass is 1760 g/mol. The van der Waals surface area contributed by atoms with Crippen LogP contribution in [-0.2, 0) is 5.58 Å². The number of unbranched alkanes of at least 4 members (excludes halogenated alkanes) is 6. The van der Waals surface area contributed by atoms with Gasteiger partial charge in [0.25, 0.3) is 0 Å². The smallest absolute Gasteiger partial charge is 0.0536 e. The zero-order valence-corrected chi connectivity index (χ0v) is 84.1. The Bertz CT molecular complexity index is 3920. The first-order valence-electron chi connectivity index (χ1n) is 47.8. The largest absolute Gasteiger partial charge is 0.0654 e. The van der Waals surface area contributed by atoms with Gasteiger partial charge in [-0.2, -0.15) is 0 Å². The molecule has 640 valence electrons. The fourth-order valence-electron chi connectivity index (χ4n) is 22.9. The Kier molecular flexibility index (Phi) is 34.6. The number of anilines is 2. The van der Waals surface area contributed by atoms with Gasteiger partial charge < -0.3 is 0 Å². The molecule has 0 radical (unpaired) electrons. The van der Waals surface area contributed by atoms with E-state index in [9.17, 15) is 5.58 Å². The van der Waals surface area contributed by atoms with E-state index >= 15 is 0 Å². The first-order chi connectivity index (χ1) is 58.0. The van der Waals surface area contributed by atoms with Crippen molar-refractivity contribution in [2.75, 3.05) is 7.05 Å². The molecule has 3 aliphatic rings. The quantitative estimate of drug-likeness (QED) is 0.0228. The minimum atomic E-state index is -4.92. The molecular formula is C112H154Ge2N2O2Si2. The standard InChI is InChI=1S/C100H126Ge2N2O2Si2.2C6H14/c1-71(2)87-67-91(95(79-47-27-17-28-48-79)80-49-29-18-30-50-80)99(92(68-87)96(81-51-31-19-32-52-81)82-53-33-20-34-54-82)103(107(73(5)6,74(7)8)75(9)10)101(89-63-43-25-44-64-89)105-102(106-101,90-65-45-26-46-66-90)104(108(76(11)12,77(13)14)78(15)16)100-93(97(83-55-35-21-36-56-83)84-57-37-22-38-58-84)69-88(72(3)4)70-94(100)98(85-59-39-23-40-60-85)86-61-41-24-42-62-86;2*1-3-5-6-4-2/h17-24,27-42,47-62,67-78,89-90,95-98H,25-26,43-46,63-66H2,1-16H3;2*3-6H2,1-2H3. The second kappa shape index (κ2) is 44.2. The van der Waals surface area contributed by atoms with Crippen molar-refractivity contribution >= 4 is 56.2 Å². The number of nitrogens with zero attached hydrogens (tertiary/aromatic N) is 2. The third-order valence-corrected chi connectivity index (χ3v) is 74.9. The number of benzene rings is 10. The van der Waals surface area contributed by atoms with Crippen molar-refractivity contribution in [2.24, 2.45) is 0 Å². The minimum absolute atomic E-state index is 0.118. The molecule has 1 aliphatic heterocycles.